The lowest BCUT2D eigenvalue weighted by Crippen LogP contribution is -2.40. The van der Waals surface area contributed by atoms with Crippen LogP contribution in [-0.2, 0) is 12.8 Å². The predicted octanol–water partition coefficient (Wildman–Crippen LogP) is 4.96. The molecular weight excluding hydrogens is 402 g/mol. The monoisotopic (exact) mass is 426 g/mol. The summed E-state index contributed by atoms with van der Waals surface area (Å²) in [6.45, 7) is 0. The smallest absolute Gasteiger partial charge is 0.319 e. The van der Waals surface area contributed by atoms with Crippen molar-refractivity contribution in [1.29, 1.82) is 0 Å². The normalized spacial score (nSPS) is 10.6. The van der Waals surface area contributed by atoms with E-state index in [1.54, 1.807) is 49.6 Å². The first-order chi connectivity index (χ1) is 15.0. The molecule has 7 heteroatoms. The number of carbonyl (C=O) groups is 1. The van der Waals surface area contributed by atoms with E-state index in [1.165, 1.54) is 31.4 Å². The molecule has 0 heterocycles. The van der Waals surface area contributed by atoms with Crippen LogP contribution in [-0.4, -0.2) is 26.3 Å². The molecule has 0 unspecified atom stereocenters. The summed E-state index contributed by atoms with van der Waals surface area (Å²) in [7, 11) is 3.05. The Labute approximate surface area is 180 Å². The van der Waals surface area contributed by atoms with E-state index < -0.39 is 6.03 Å². The highest BCUT2D eigenvalue weighted by Gasteiger charge is 2.16. The highest BCUT2D eigenvalue weighted by atomic mass is 19.1. The molecule has 0 saturated carbocycles. The third-order valence-electron chi connectivity index (χ3n) is 4.78. The van der Waals surface area contributed by atoms with Crippen LogP contribution in [0.5, 0.6) is 11.5 Å². The zero-order valence-corrected chi connectivity index (χ0v) is 17.3. The quantitative estimate of drug-likeness (QED) is 0.535. The van der Waals surface area contributed by atoms with Crippen LogP contribution in [0, 0.1) is 11.6 Å². The van der Waals surface area contributed by atoms with Crippen molar-refractivity contribution in [3.8, 4) is 11.5 Å². The summed E-state index contributed by atoms with van der Waals surface area (Å²) in [5.74, 6) is 0.420. The maximum absolute atomic E-state index is 13.3. The Morgan fingerprint density at radius 1 is 0.839 bits per heavy atom. The molecule has 2 amide bonds. The molecule has 2 N–H and O–H groups in total. The fraction of sp³-hybridized carbons (Fsp3) is 0.208. The molecular formula is C24H24F2N2O3. The third-order valence-corrected chi connectivity index (χ3v) is 4.78. The third kappa shape index (κ3) is 6.44. The highest BCUT2D eigenvalue weighted by Crippen LogP contribution is 2.29. The van der Waals surface area contributed by atoms with Gasteiger partial charge in [0, 0.05) is 12.1 Å². The largest absolute Gasteiger partial charge is 0.497 e. The maximum atomic E-state index is 13.3. The Hall–Kier alpha value is -3.61. The molecule has 0 aliphatic rings. The van der Waals surface area contributed by atoms with Crippen LogP contribution in [0.4, 0.5) is 19.3 Å². The van der Waals surface area contributed by atoms with Gasteiger partial charge < -0.3 is 20.1 Å². The number of ether oxygens (including phenoxy) is 2. The van der Waals surface area contributed by atoms with Crippen molar-refractivity contribution in [2.45, 2.75) is 18.9 Å². The summed E-state index contributed by atoms with van der Waals surface area (Å²) in [5, 5.41) is 5.73. The second-order valence-electron chi connectivity index (χ2n) is 7.02. The molecule has 31 heavy (non-hydrogen) atoms. The van der Waals surface area contributed by atoms with Gasteiger partial charge in [-0.2, -0.15) is 0 Å². The summed E-state index contributed by atoms with van der Waals surface area (Å²) in [4.78, 5) is 12.7. The predicted molar refractivity (Wildman–Crippen MR) is 116 cm³/mol. The number of amides is 2. The average molecular weight is 426 g/mol. The summed E-state index contributed by atoms with van der Waals surface area (Å²) >= 11 is 0. The number of hydrogen-bond acceptors (Lipinski definition) is 3. The number of halogens is 2. The van der Waals surface area contributed by atoms with Crippen molar-refractivity contribution in [2.75, 3.05) is 19.5 Å². The van der Waals surface area contributed by atoms with Gasteiger partial charge in [0.25, 0.3) is 0 Å². The number of benzene rings is 3. The standard InChI is InChI=1S/C24H24F2N2O3/c1-30-21-11-12-22(23(15-21)31-2)28-24(29)27-20(13-16-3-7-18(25)8-4-16)14-17-5-9-19(26)10-6-17/h3-12,15,20H,13-14H2,1-2H3,(H2,27,28,29). The molecule has 0 atom stereocenters. The second-order valence-corrected chi connectivity index (χ2v) is 7.02. The Morgan fingerprint density at radius 2 is 1.39 bits per heavy atom. The van der Waals surface area contributed by atoms with Crippen LogP contribution < -0.4 is 20.1 Å². The van der Waals surface area contributed by atoms with Gasteiger partial charge in [0.15, 0.2) is 0 Å². The molecule has 162 valence electrons. The summed E-state index contributed by atoms with van der Waals surface area (Å²) in [6.07, 6.45) is 0.954. The van der Waals surface area contributed by atoms with E-state index in [0.717, 1.165) is 11.1 Å². The fourth-order valence-electron chi connectivity index (χ4n) is 3.23. The van der Waals surface area contributed by atoms with Crippen LogP contribution in [0.15, 0.2) is 66.7 Å². The van der Waals surface area contributed by atoms with Crippen molar-refractivity contribution >= 4 is 11.7 Å². The molecule has 0 saturated heterocycles. The molecule has 3 aromatic carbocycles. The first-order valence-electron chi connectivity index (χ1n) is 9.75. The summed E-state index contributed by atoms with van der Waals surface area (Å²) in [6, 6.07) is 16.6. The van der Waals surface area contributed by atoms with Gasteiger partial charge >= 0.3 is 6.03 Å². The number of methoxy groups -OCH3 is 2. The molecule has 0 bridgehead atoms. The molecule has 3 aromatic rings. The summed E-state index contributed by atoms with van der Waals surface area (Å²) < 4.78 is 37.0. The van der Waals surface area contributed by atoms with E-state index in [-0.39, 0.29) is 17.7 Å². The van der Waals surface area contributed by atoms with E-state index in [0.29, 0.717) is 30.0 Å². The van der Waals surface area contributed by atoms with Gasteiger partial charge in [-0.25, -0.2) is 13.6 Å². The number of rotatable bonds is 8. The van der Waals surface area contributed by atoms with Crippen LogP contribution in [0.1, 0.15) is 11.1 Å². The number of hydrogen-bond donors (Lipinski definition) is 2. The second kappa shape index (κ2) is 10.4. The van der Waals surface area contributed by atoms with Crippen molar-refractivity contribution in [3.05, 3.63) is 89.5 Å². The van der Waals surface area contributed by atoms with E-state index in [2.05, 4.69) is 10.6 Å². The van der Waals surface area contributed by atoms with Crippen molar-refractivity contribution in [3.63, 3.8) is 0 Å². The average Bonchev–Trinajstić information content (AvgIpc) is 2.77. The minimum atomic E-state index is -0.419. The van der Waals surface area contributed by atoms with Crippen LogP contribution in [0.2, 0.25) is 0 Å². The zero-order valence-electron chi connectivity index (χ0n) is 17.3. The minimum Gasteiger partial charge on any atom is -0.497 e. The number of anilines is 1. The van der Waals surface area contributed by atoms with Gasteiger partial charge in [-0.1, -0.05) is 24.3 Å². The van der Waals surface area contributed by atoms with Crippen molar-refractivity contribution in [1.82, 2.24) is 5.32 Å². The lowest BCUT2D eigenvalue weighted by atomic mass is 9.99. The SMILES string of the molecule is COc1ccc(NC(=O)NC(Cc2ccc(F)cc2)Cc2ccc(F)cc2)c(OC)c1. The molecule has 3 rings (SSSR count). The molecule has 0 aliphatic heterocycles. The summed E-state index contributed by atoms with van der Waals surface area (Å²) in [5.41, 5.74) is 2.23. The van der Waals surface area contributed by atoms with Gasteiger partial charge in [0.2, 0.25) is 0 Å². The Bertz CT molecular complexity index is 961. The molecule has 5 nitrogen and oxygen atoms in total. The molecule has 0 spiro atoms. The van der Waals surface area contributed by atoms with Crippen LogP contribution >= 0.6 is 0 Å². The first kappa shape index (κ1) is 22.1. The lowest BCUT2D eigenvalue weighted by Gasteiger charge is -2.20. The van der Waals surface area contributed by atoms with E-state index in [9.17, 15) is 13.6 Å². The van der Waals surface area contributed by atoms with Gasteiger partial charge in [0.05, 0.1) is 19.9 Å². The topological polar surface area (TPSA) is 59.6 Å². The maximum Gasteiger partial charge on any atom is 0.319 e. The highest BCUT2D eigenvalue weighted by molar-refractivity contribution is 5.91. The first-order valence-corrected chi connectivity index (χ1v) is 9.75. The van der Waals surface area contributed by atoms with Crippen LogP contribution in [0.3, 0.4) is 0 Å². The van der Waals surface area contributed by atoms with Crippen molar-refractivity contribution < 1.29 is 23.0 Å². The number of nitrogens with one attached hydrogen (secondary N) is 2. The van der Waals surface area contributed by atoms with Gasteiger partial charge in [-0.3, -0.25) is 0 Å². The van der Waals surface area contributed by atoms with Gasteiger partial charge in [0.1, 0.15) is 23.1 Å². The molecule has 0 radical (unpaired) electrons. The van der Waals surface area contributed by atoms with Gasteiger partial charge in [-0.05, 0) is 60.4 Å². The molecule has 0 aliphatic carbocycles. The fourth-order valence-corrected chi connectivity index (χ4v) is 3.23. The lowest BCUT2D eigenvalue weighted by molar-refractivity contribution is 0.248. The Kier molecular flexibility index (Phi) is 7.43. The minimum absolute atomic E-state index is 0.305. The molecule has 0 aromatic heterocycles. The van der Waals surface area contributed by atoms with Crippen LogP contribution in [0.25, 0.3) is 0 Å². The van der Waals surface area contributed by atoms with E-state index in [4.69, 9.17) is 9.47 Å². The Morgan fingerprint density at radius 3 is 1.87 bits per heavy atom. The van der Waals surface area contributed by atoms with E-state index >= 15 is 0 Å². The van der Waals surface area contributed by atoms with Crippen molar-refractivity contribution in [2.24, 2.45) is 0 Å². The van der Waals surface area contributed by atoms with Gasteiger partial charge in [-0.15, -0.1) is 0 Å². The number of urea groups is 1. The molecule has 0 fully saturated rings. The van der Waals surface area contributed by atoms with E-state index in [1.807, 2.05) is 0 Å². The number of carbonyl (C=O) groups excluding carboxylic acids is 1. The Balaban J connectivity index is 1.74. The zero-order chi connectivity index (χ0) is 22.2.